The molecule has 5 heteroatoms. The smallest absolute Gasteiger partial charge is 0.140 e. The first-order chi connectivity index (χ1) is 9.58. The van der Waals surface area contributed by atoms with Gasteiger partial charge in [-0.15, -0.1) is 0 Å². The van der Waals surface area contributed by atoms with Crippen LogP contribution >= 0.6 is 31.9 Å². The number of H-pyrrole nitrogens is 1. The number of aliphatic hydroxyl groups excluding tert-OH is 1. The van der Waals surface area contributed by atoms with Crippen LogP contribution < -0.4 is 0 Å². The minimum absolute atomic E-state index is 0.546. The van der Waals surface area contributed by atoms with Gasteiger partial charge >= 0.3 is 0 Å². The maximum atomic E-state index is 10.4. The minimum atomic E-state index is -0.755. The number of aromatic amines is 1. The zero-order valence-electron chi connectivity index (χ0n) is 10.7. The highest BCUT2D eigenvalue weighted by Gasteiger charge is 2.17. The molecule has 0 aliphatic heterocycles. The molecule has 20 heavy (non-hydrogen) atoms. The van der Waals surface area contributed by atoms with Crippen LogP contribution in [0.15, 0.2) is 45.3 Å². The molecule has 0 saturated carbocycles. The van der Waals surface area contributed by atoms with Gasteiger partial charge in [0.15, 0.2) is 0 Å². The Kier molecular flexibility index (Phi) is 3.67. The third-order valence-corrected chi connectivity index (χ3v) is 5.56. The molecular formula is C15H12Br2N2O. The van der Waals surface area contributed by atoms with Gasteiger partial charge in [0.1, 0.15) is 17.4 Å². The van der Waals surface area contributed by atoms with Gasteiger partial charge in [0.05, 0.1) is 9.99 Å². The third-order valence-electron chi connectivity index (χ3n) is 3.23. The van der Waals surface area contributed by atoms with E-state index < -0.39 is 6.10 Å². The topological polar surface area (TPSA) is 48.9 Å². The normalized spacial score (nSPS) is 12.8. The Hall–Kier alpha value is -1.17. The molecule has 0 spiro atoms. The summed E-state index contributed by atoms with van der Waals surface area (Å²) in [5, 5.41) is 10.4. The Bertz CT molecular complexity index is 768. The first-order valence-electron chi connectivity index (χ1n) is 6.15. The second-order valence-corrected chi connectivity index (χ2v) is 6.24. The van der Waals surface area contributed by atoms with Crippen molar-refractivity contribution in [2.24, 2.45) is 0 Å². The molecule has 0 aliphatic carbocycles. The van der Waals surface area contributed by atoms with E-state index in [1.54, 1.807) is 0 Å². The molecule has 0 radical (unpaired) electrons. The fraction of sp³-hybridized carbons (Fsp3) is 0.133. The van der Waals surface area contributed by atoms with E-state index in [0.717, 1.165) is 31.1 Å². The molecule has 2 N–H and O–H groups in total. The van der Waals surface area contributed by atoms with E-state index in [1.807, 2.05) is 43.3 Å². The van der Waals surface area contributed by atoms with Crippen LogP contribution in [0.25, 0.3) is 11.0 Å². The Balaban J connectivity index is 2.12. The quantitative estimate of drug-likeness (QED) is 0.672. The van der Waals surface area contributed by atoms with Gasteiger partial charge in [-0.1, -0.05) is 30.3 Å². The van der Waals surface area contributed by atoms with Crippen molar-refractivity contribution < 1.29 is 5.11 Å². The molecule has 1 atom stereocenters. The van der Waals surface area contributed by atoms with Crippen LogP contribution in [-0.4, -0.2) is 15.1 Å². The summed E-state index contributed by atoms with van der Waals surface area (Å²) in [6.45, 7) is 2.02. The molecule has 2 aromatic carbocycles. The average molecular weight is 396 g/mol. The summed E-state index contributed by atoms with van der Waals surface area (Å²) >= 11 is 7.07. The van der Waals surface area contributed by atoms with Crippen LogP contribution in [0.1, 0.15) is 23.1 Å². The number of hydrogen-bond donors (Lipinski definition) is 2. The fourth-order valence-electron chi connectivity index (χ4n) is 2.16. The lowest BCUT2D eigenvalue weighted by Gasteiger charge is -2.06. The number of aromatic nitrogens is 2. The van der Waals surface area contributed by atoms with Gasteiger partial charge in [-0.3, -0.25) is 0 Å². The Morgan fingerprint density at radius 2 is 1.85 bits per heavy atom. The second-order valence-electron chi connectivity index (χ2n) is 4.65. The zero-order valence-corrected chi connectivity index (χ0v) is 13.9. The van der Waals surface area contributed by atoms with Crippen LogP contribution in [-0.2, 0) is 0 Å². The molecule has 102 valence electrons. The Morgan fingerprint density at radius 3 is 2.55 bits per heavy atom. The maximum Gasteiger partial charge on any atom is 0.140 e. The molecule has 0 amide bonds. The molecule has 0 aliphatic rings. The number of aliphatic hydroxyl groups is 1. The summed E-state index contributed by atoms with van der Waals surface area (Å²) in [5.74, 6) is 0.546. The van der Waals surface area contributed by atoms with Gasteiger partial charge in [-0.2, -0.15) is 0 Å². The molecule has 3 rings (SSSR count). The summed E-state index contributed by atoms with van der Waals surface area (Å²) in [4.78, 5) is 7.70. The fourth-order valence-corrected chi connectivity index (χ4v) is 3.07. The number of hydrogen-bond acceptors (Lipinski definition) is 2. The predicted octanol–water partition coefficient (Wildman–Crippen LogP) is 4.48. The monoisotopic (exact) mass is 394 g/mol. The minimum Gasteiger partial charge on any atom is -0.380 e. The first-order valence-corrected chi connectivity index (χ1v) is 7.73. The van der Waals surface area contributed by atoms with E-state index in [-0.39, 0.29) is 0 Å². The molecule has 0 fully saturated rings. The van der Waals surface area contributed by atoms with Gasteiger partial charge in [0, 0.05) is 4.47 Å². The van der Waals surface area contributed by atoms with Crippen molar-refractivity contribution in [3.05, 3.63) is 62.3 Å². The summed E-state index contributed by atoms with van der Waals surface area (Å²) < 4.78 is 1.88. The van der Waals surface area contributed by atoms with Crippen LogP contribution in [0.3, 0.4) is 0 Å². The van der Waals surface area contributed by atoms with Crippen LogP contribution in [0.2, 0.25) is 0 Å². The molecule has 0 saturated heterocycles. The van der Waals surface area contributed by atoms with Crippen molar-refractivity contribution in [1.29, 1.82) is 0 Å². The van der Waals surface area contributed by atoms with Crippen molar-refractivity contribution in [2.45, 2.75) is 13.0 Å². The number of rotatable bonds is 2. The highest BCUT2D eigenvalue weighted by molar-refractivity contribution is 9.13. The molecule has 3 nitrogen and oxygen atoms in total. The molecular weight excluding hydrogens is 384 g/mol. The van der Waals surface area contributed by atoms with E-state index in [0.29, 0.717) is 5.82 Å². The number of aryl methyl sites for hydroxylation is 1. The second kappa shape index (κ2) is 5.31. The van der Waals surface area contributed by atoms with Crippen LogP contribution in [0.4, 0.5) is 0 Å². The molecule has 0 bridgehead atoms. The highest BCUT2D eigenvalue weighted by atomic mass is 79.9. The van der Waals surface area contributed by atoms with Gasteiger partial charge in [0.2, 0.25) is 0 Å². The largest absolute Gasteiger partial charge is 0.380 e. The molecule has 1 heterocycles. The molecule has 1 aromatic heterocycles. The Morgan fingerprint density at radius 1 is 1.15 bits per heavy atom. The van der Waals surface area contributed by atoms with E-state index in [9.17, 15) is 5.11 Å². The van der Waals surface area contributed by atoms with E-state index in [1.165, 1.54) is 0 Å². The van der Waals surface area contributed by atoms with Crippen molar-refractivity contribution >= 4 is 42.9 Å². The lowest BCUT2D eigenvalue weighted by atomic mass is 10.1. The number of imidazole rings is 1. The maximum absolute atomic E-state index is 10.4. The summed E-state index contributed by atoms with van der Waals surface area (Å²) in [6.07, 6.45) is -0.755. The standard InChI is InChI=1S/C15H12Br2N2O/c1-8-7-10-13(12(17)11(8)16)19-15(18-10)14(20)9-5-3-2-4-6-9/h2-7,14,20H,1H3,(H,18,19). The van der Waals surface area contributed by atoms with Gasteiger partial charge in [0.25, 0.3) is 0 Å². The lowest BCUT2D eigenvalue weighted by Crippen LogP contribution is -2.01. The average Bonchev–Trinajstić information content (AvgIpc) is 2.89. The van der Waals surface area contributed by atoms with E-state index in [4.69, 9.17) is 0 Å². The first kappa shape index (κ1) is 13.8. The van der Waals surface area contributed by atoms with Gasteiger partial charge < -0.3 is 10.1 Å². The summed E-state index contributed by atoms with van der Waals surface area (Å²) in [5.41, 5.74) is 3.64. The van der Waals surface area contributed by atoms with E-state index >= 15 is 0 Å². The number of nitrogens with one attached hydrogen (secondary N) is 1. The molecule has 3 aromatic rings. The number of nitrogens with zero attached hydrogens (tertiary/aromatic N) is 1. The predicted molar refractivity (Wildman–Crippen MR) is 86.7 cm³/mol. The van der Waals surface area contributed by atoms with Crippen molar-refractivity contribution in [1.82, 2.24) is 9.97 Å². The van der Waals surface area contributed by atoms with Crippen molar-refractivity contribution in [3.8, 4) is 0 Å². The van der Waals surface area contributed by atoms with Crippen molar-refractivity contribution in [2.75, 3.05) is 0 Å². The van der Waals surface area contributed by atoms with Crippen LogP contribution in [0.5, 0.6) is 0 Å². The van der Waals surface area contributed by atoms with Gasteiger partial charge in [-0.25, -0.2) is 4.98 Å². The van der Waals surface area contributed by atoms with Crippen molar-refractivity contribution in [3.63, 3.8) is 0 Å². The third kappa shape index (κ3) is 2.30. The van der Waals surface area contributed by atoms with E-state index in [2.05, 4.69) is 41.8 Å². The van der Waals surface area contributed by atoms with Gasteiger partial charge in [-0.05, 0) is 56.0 Å². The Labute approximate surface area is 133 Å². The summed E-state index contributed by atoms with van der Waals surface area (Å²) in [7, 11) is 0. The SMILES string of the molecule is Cc1cc2[nH]c(C(O)c3ccccc3)nc2c(Br)c1Br. The van der Waals surface area contributed by atoms with Crippen LogP contribution in [0, 0.1) is 6.92 Å². The number of halogens is 2. The summed E-state index contributed by atoms with van der Waals surface area (Å²) in [6, 6.07) is 11.5. The lowest BCUT2D eigenvalue weighted by molar-refractivity contribution is 0.211. The zero-order chi connectivity index (χ0) is 14.3. The molecule has 1 unspecified atom stereocenters. The highest BCUT2D eigenvalue weighted by Crippen LogP contribution is 2.34. The number of fused-ring (bicyclic) bond motifs is 1. The number of benzene rings is 2.